The van der Waals surface area contributed by atoms with Gasteiger partial charge in [0.15, 0.2) is 0 Å². The summed E-state index contributed by atoms with van der Waals surface area (Å²) in [5.74, 6) is 4.06. The Morgan fingerprint density at radius 1 is 0.656 bits per heavy atom. The second-order valence-corrected chi connectivity index (χ2v) is 11.2. The lowest BCUT2D eigenvalue weighted by atomic mass is 9.68. The summed E-state index contributed by atoms with van der Waals surface area (Å²) in [5, 5.41) is 8.95. The van der Waals surface area contributed by atoms with E-state index in [2.05, 4.69) is 25.1 Å². The largest absolute Gasteiger partial charge is 0.192 e. The predicted octanol–water partition coefficient (Wildman–Crippen LogP) is 9.63. The fourth-order valence-electron chi connectivity index (χ4n) is 6.58. The van der Waals surface area contributed by atoms with Gasteiger partial charge in [0.2, 0.25) is 0 Å². The van der Waals surface area contributed by atoms with Crippen molar-refractivity contribution in [2.45, 2.75) is 129 Å². The van der Waals surface area contributed by atoms with Gasteiger partial charge in [-0.15, -0.1) is 0 Å². The van der Waals surface area contributed by atoms with Crippen molar-refractivity contribution in [2.24, 2.45) is 23.7 Å². The zero-order valence-electron chi connectivity index (χ0n) is 21.0. The molecular formula is C31H49N. The van der Waals surface area contributed by atoms with Crippen LogP contribution in [0.3, 0.4) is 0 Å². The Kier molecular flexibility index (Phi) is 11.7. The summed E-state index contributed by atoms with van der Waals surface area (Å²) in [6.45, 7) is 2.31. The van der Waals surface area contributed by atoms with Gasteiger partial charge in [0.25, 0.3) is 0 Å². The van der Waals surface area contributed by atoms with Crippen LogP contribution in [0.1, 0.15) is 134 Å². The Labute approximate surface area is 199 Å². The van der Waals surface area contributed by atoms with E-state index in [9.17, 15) is 0 Å². The second kappa shape index (κ2) is 14.8. The van der Waals surface area contributed by atoms with Crippen molar-refractivity contribution >= 4 is 0 Å². The molecule has 1 heteroatoms. The number of rotatable bonds is 13. The molecule has 0 unspecified atom stereocenters. The molecule has 2 fully saturated rings. The minimum Gasteiger partial charge on any atom is -0.192 e. The third kappa shape index (κ3) is 8.92. The van der Waals surface area contributed by atoms with Crippen LogP contribution in [-0.2, 0) is 6.42 Å². The topological polar surface area (TPSA) is 23.8 Å². The third-order valence-corrected chi connectivity index (χ3v) is 8.84. The minimum atomic E-state index is 0.779. The van der Waals surface area contributed by atoms with Gasteiger partial charge in [0.05, 0.1) is 11.6 Å². The van der Waals surface area contributed by atoms with Gasteiger partial charge in [-0.1, -0.05) is 103 Å². The van der Waals surface area contributed by atoms with E-state index in [-0.39, 0.29) is 0 Å². The Morgan fingerprint density at radius 3 is 1.69 bits per heavy atom. The quantitative estimate of drug-likeness (QED) is 0.283. The molecule has 2 saturated carbocycles. The first kappa shape index (κ1) is 25.3. The molecule has 0 radical (unpaired) electrons. The van der Waals surface area contributed by atoms with E-state index in [1.165, 1.54) is 128 Å². The molecule has 0 heterocycles. The average Bonchev–Trinajstić information content (AvgIpc) is 2.85. The lowest BCUT2D eigenvalue weighted by Crippen LogP contribution is -2.26. The molecule has 0 amide bonds. The molecule has 0 atom stereocenters. The highest BCUT2D eigenvalue weighted by molar-refractivity contribution is 5.31. The number of aryl methyl sites for hydroxylation is 1. The molecular weight excluding hydrogens is 386 g/mol. The fourth-order valence-corrected chi connectivity index (χ4v) is 6.58. The van der Waals surface area contributed by atoms with E-state index in [0.717, 1.165) is 29.2 Å². The lowest BCUT2D eigenvalue weighted by molar-refractivity contribution is 0.140. The number of unbranched alkanes of at least 4 members (excludes halogenated alkanes) is 7. The molecule has 1 aromatic carbocycles. The van der Waals surface area contributed by atoms with Crippen molar-refractivity contribution in [2.75, 3.05) is 0 Å². The Bertz CT molecular complexity index is 638. The zero-order chi connectivity index (χ0) is 22.4. The number of hydrogen-bond acceptors (Lipinski definition) is 1. The molecule has 1 nitrogen and oxygen atoms in total. The van der Waals surface area contributed by atoms with E-state index in [1.54, 1.807) is 0 Å². The molecule has 178 valence electrons. The molecule has 0 aromatic heterocycles. The molecule has 3 rings (SSSR count). The highest BCUT2D eigenvalue weighted by Gasteiger charge is 2.30. The van der Waals surface area contributed by atoms with E-state index >= 15 is 0 Å². The van der Waals surface area contributed by atoms with E-state index in [1.807, 2.05) is 12.1 Å². The number of benzene rings is 1. The van der Waals surface area contributed by atoms with Crippen LogP contribution >= 0.6 is 0 Å². The van der Waals surface area contributed by atoms with Crippen molar-refractivity contribution in [1.82, 2.24) is 0 Å². The summed E-state index contributed by atoms with van der Waals surface area (Å²) in [4.78, 5) is 0. The van der Waals surface area contributed by atoms with Gasteiger partial charge < -0.3 is 0 Å². The van der Waals surface area contributed by atoms with Gasteiger partial charge in [-0.2, -0.15) is 5.26 Å². The maximum absolute atomic E-state index is 8.95. The van der Waals surface area contributed by atoms with Gasteiger partial charge in [0, 0.05) is 0 Å². The van der Waals surface area contributed by atoms with Gasteiger partial charge in [-0.25, -0.2) is 0 Å². The molecule has 1 aromatic rings. The lowest BCUT2D eigenvalue weighted by Gasteiger charge is -2.38. The van der Waals surface area contributed by atoms with Crippen molar-refractivity contribution in [1.29, 1.82) is 5.26 Å². The van der Waals surface area contributed by atoms with Crippen LogP contribution in [0.4, 0.5) is 0 Å². The SMILES string of the molecule is CCCCCCCCCC[C@H]1CC[C@H](C2CCC(CCc3ccc(C#N)cc3)CC2)CC1. The van der Waals surface area contributed by atoms with Gasteiger partial charge in [0.1, 0.15) is 0 Å². The summed E-state index contributed by atoms with van der Waals surface area (Å²) < 4.78 is 0. The Hall–Kier alpha value is -1.29. The highest BCUT2D eigenvalue weighted by Crippen LogP contribution is 2.43. The third-order valence-electron chi connectivity index (χ3n) is 8.84. The van der Waals surface area contributed by atoms with Crippen LogP contribution in [0.25, 0.3) is 0 Å². The maximum atomic E-state index is 8.95. The smallest absolute Gasteiger partial charge is 0.0991 e. The number of nitrogens with zero attached hydrogens (tertiary/aromatic N) is 1. The van der Waals surface area contributed by atoms with Gasteiger partial charge >= 0.3 is 0 Å². The fraction of sp³-hybridized carbons (Fsp3) is 0.774. The van der Waals surface area contributed by atoms with Crippen LogP contribution in [0.15, 0.2) is 24.3 Å². The van der Waals surface area contributed by atoms with E-state index in [0.29, 0.717) is 0 Å². The molecule has 2 aliphatic rings. The maximum Gasteiger partial charge on any atom is 0.0991 e. The van der Waals surface area contributed by atoms with E-state index in [4.69, 9.17) is 5.26 Å². The van der Waals surface area contributed by atoms with Crippen LogP contribution in [-0.4, -0.2) is 0 Å². The summed E-state index contributed by atoms with van der Waals surface area (Å²) in [6, 6.07) is 10.5. The normalized spacial score (nSPS) is 26.0. The standard InChI is InChI=1S/C31H49N/c1-2-3-4-5-6-7-8-9-10-26-17-21-30(22-18-26)31-23-19-28(20-24-31)12-11-27-13-15-29(25-32)16-14-27/h13-16,26,28,30-31H,2-12,17-24H2,1H3/t26-,28?,30-,31?. The van der Waals surface area contributed by atoms with Crippen LogP contribution in [0.5, 0.6) is 0 Å². The van der Waals surface area contributed by atoms with Gasteiger partial charge in [-0.05, 0) is 79.9 Å². The monoisotopic (exact) mass is 435 g/mol. The van der Waals surface area contributed by atoms with E-state index < -0.39 is 0 Å². The highest BCUT2D eigenvalue weighted by atomic mass is 14.4. The molecule has 32 heavy (non-hydrogen) atoms. The first-order chi connectivity index (χ1) is 15.8. The Balaban J connectivity index is 1.22. The van der Waals surface area contributed by atoms with Gasteiger partial charge in [-0.3, -0.25) is 0 Å². The molecule has 0 N–H and O–H groups in total. The van der Waals surface area contributed by atoms with Crippen molar-refractivity contribution in [3.8, 4) is 6.07 Å². The first-order valence-corrected chi connectivity index (χ1v) is 14.3. The first-order valence-electron chi connectivity index (χ1n) is 14.3. The summed E-state index contributed by atoms with van der Waals surface area (Å²) in [5.41, 5.74) is 2.18. The molecule has 0 saturated heterocycles. The summed E-state index contributed by atoms with van der Waals surface area (Å²) in [7, 11) is 0. The van der Waals surface area contributed by atoms with Crippen LogP contribution < -0.4 is 0 Å². The summed E-state index contributed by atoms with van der Waals surface area (Å²) in [6.07, 6.45) is 27.7. The molecule has 0 bridgehead atoms. The van der Waals surface area contributed by atoms with Crippen molar-refractivity contribution < 1.29 is 0 Å². The molecule has 2 aliphatic carbocycles. The van der Waals surface area contributed by atoms with Crippen LogP contribution in [0, 0.1) is 35.0 Å². The average molecular weight is 436 g/mol. The van der Waals surface area contributed by atoms with Crippen LogP contribution in [0.2, 0.25) is 0 Å². The second-order valence-electron chi connectivity index (χ2n) is 11.2. The summed E-state index contributed by atoms with van der Waals surface area (Å²) >= 11 is 0. The molecule has 0 aliphatic heterocycles. The molecule has 0 spiro atoms. The minimum absolute atomic E-state index is 0.779. The van der Waals surface area contributed by atoms with Crippen molar-refractivity contribution in [3.63, 3.8) is 0 Å². The predicted molar refractivity (Wildman–Crippen MR) is 138 cm³/mol. The number of nitriles is 1. The number of hydrogen-bond donors (Lipinski definition) is 0. The van der Waals surface area contributed by atoms with Crippen molar-refractivity contribution in [3.05, 3.63) is 35.4 Å². The Morgan fingerprint density at radius 2 is 1.16 bits per heavy atom. The zero-order valence-corrected chi connectivity index (χ0v) is 21.0.